The predicted molar refractivity (Wildman–Crippen MR) is 105 cm³/mol. The van der Waals surface area contributed by atoms with Crippen LogP contribution in [0.3, 0.4) is 0 Å². The predicted octanol–water partition coefficient (Wildman–Crippen LogP) is 4.00. The molecule has 1 aromatic heterocycles. The van der Waals surface area contributed by atoms with Crippen molar-refractivity contribution in [3.05, 3.63) is 24.3 Å². The summed E-state index contributed by atoms with van der Waals surface area (Å²) in [6, 6.07) is 8.08. The molecule has 0 aliphatic rings. The van der Waals surface area contributed by atoms with Crippen molar-refractivity contribution in [2.24, 2.45) is 0 Å². The molecule has 0 saturated heterocycles. The van der Waals surface area contributed by atoms with Gasteiger partial charge in [-0.2, -0.15) is 0 Å². The van der Waals surface area contributed by atoms with Crippen LogP contribution in [0.4, 0.5) is 0 Å². The van der Waals surface area contributed by atoms with Crippen LogP contribution in [-0.4, -0.2) is 50.9 Å². The fraction of sp³-hybridized carbons (Fsp3) is 0.526. The van der Waals surface area contributed by atoms with Crippen molar-refractivity contribution in [1.29, 1.82) is 0 Å². The molecule has 0 saturated carbocycles. The summed E-state index contributed by atoms with van der Waals surface area (Å²) in [5.74, 6) is 1.95. The summed E-state index contributed by atoms with van der Waals surface area (Å²) in [4.78, 5) is 19.2. The van der Waals surface area contributed by atoms with E-state index >= 15 is 0 Å². The molecule has 2 atom stereocenters. The normalized spacial score (nSPS) is 13.3. The van der Waals surface area contributed by atoms with E-state index in [2.05, 4.69) is 42.9 Å². The number of hydrogen-bond donors (Lipinski definition) is 1. The number of carbonyl (C=O) groups excluding carboxylic acids is 1. The number of aromatic nitrogens is 3. The Hall–Kier alpha value is -2.02. The number of H-pyrrole nitrogens is 1. The molecule has 1 aromatic carbocycles. The van der Waals surface area contributed by atoms with Gasteiger partial charge in [0.15, 0.2) is 5.82 Å². The Morgan fingerprint density at radius 1 is 1.19 bits per heavy atom. The molecule has 1 N–H and O–H groups in total. The van der Waals surface area contributed by atoms with E-state index in [0.717, 1.165) is 24.2 Å². The number of ether oxygens (including phenoxy) is 1. The van der Waals surface area contributed by atoms with E-state index in [0.29, 0.717) is 16.7 Å². The monoisotopic (exact) mass is 376 g/mol. The summed E-state index contributed by atoms with van der Waals surface area (Å²) in [6.45, 7) is 8.42. The van der Waals surface area contributed by atoms with Crippen molar-refractivity contribution in [2.45, 2.75) is 57.8 Å². The molecule has 26 heavy (non-hydrogen) atoms. The molecule has 7 heteroatoms. The SMILES string of the molecule is CC[C@@H](C)N(C(=O)CSc1n[nH]c(-c2ccc(OC)cc2)n1)[C@H](C)CC. The second kappa shape index (κ2) is 9.62. The molecular weight excluding hydrogens is 348 g/mol. The van der Waals surface area contributed by atoms with Gasteiger partial charge in [0, 0.05) is 17.6 Å². The summed E-state index contributed by atoms with van der Waals surface area (Å²) in [5.41, 5.74) is 0.928. The third-order valence-electron chi connectivity index (χ3n) is 4.57. The van der Waals surface area contributed by atoms with E-state index in [1.807, 2.05) is 29.2 Å². The second-order valence-corrected chi connectivity index (χ2v) is 7.24. The number of thioether (sulfide) groups is 1. The highest BCUT2D eigenvalue weighted by Gasteiger charge is 2.23. The van der Waals surface area contributed by atoms with Gasteiger partial charge in [0.2, 0.25) is 11.1 Å². The van der Waals surface area contributed by atoms with Crippen molar-refractivity contribution >= 4 is 17.7 Å². The van der Waals surface area contributed by atoms with Crippen LogP contribution in [0.1, 0.15) is 40.5 Å². The van der Waals surface area contributed by atoms with Gasteiger partial charge < -0.3 is 9.64 Å². The minimum absolute atomic E-state index is 0.134. The zero-order valence-corrected chi connectivity index (χ0v) is 17.0. The van der Waals surface area contributed by atoms with Crippen molar-refractivity contribution in [1.82, 2.24) is 20.1 Å². The van der Waals surface area contributed by atoms with E-state index in [1.54, 1.807) is 7.11 Å². The first kappa shape index (κ1) is 20.3. The van der Waals surface area contributed by atoms with Crippen molar-refractivity contribution in [3.8, 4) is 17.1 Å². The van der Waals surface area contributed by atoms with Gasteiger partial charge in [0.25, 0.3) is 0 Å². The first-order valence-corrected chi connectivity index (χ1v) is 9.99. The first-order valence-electron chi connectivity index (χ1n) is 9.00. The number of rotatable bonds is 9. The zero-order valence-electron chi connectivity index (χ0n) is 16.2. The average molecular weight is 377 g/mol. The molecule has 2 rings (SSSR count). The molecule has 2 aromatic rings. The van der Waals surface area contributed by atoms with Gasteiger partial charge in [0.05, 0.1) is 12.9 Å². The fourth-order valence-electron chi connectivity index (χ4n) is 2.71. The Morgan fingerprint density at radius 3 is 2.35 bits per heavy atom. The lowest BCUT2D eigenvalue weighted by molar-refractivity contribution is -0.132. The number of amides is 1. The van der Waals surface area contributed by atoms with Crippen LogP contribution in [0.2, 0.25) is 0 Å². The zero-order chi connectivity index (χ0) is 19.1. The van der Waals surface area contributed by atoms with E-state index in [9.17, 15) is 4.79 Å². The number of aromatic amines is 1. The number of benzene rings is 1. The molecule has 0 aliphatic carbocycles. The lowest BCUT2D eigenvalue weighted by Crippen LogP contribution is -2.45. The van der Waals surface area contributed by atoms with E-state index in [4.69, 9.17) is 4.74 Å². The topological polar surface area (TPSA) is 71.1 Å². The standard InChI is InChI=1S/C19H28N4O2S/c1-6-13(3)23(14(4)7-2)17(24)12-26-19-20-18(21-22-19)15-8-10-16(25-5)11-9-15/h8-11,13-14H,6-7,12H2,1-5H3,(H,20,21,22)/t13-,14-/m1/s1. The maximum atomic E-state index is 12.7. The smallest absolute Gasteiger partial charge is 0.233 e. The van der Waals surface area contributed by atoms with Crippen molar-refractivity contribution < 1.29 is 9.53 Å². The van der Waals surface area contributed by atoms with Crippen molar-refractivity contribution in [2.75, 3.05) is 12.9 Å². The average Bonchev–Trinajstić information content (AvgIpc) is 3.15. The van der Waals surface area contributed by atoms with Crippen LogP contribution in [0.5, 0.6) is 5.75 Å². The maximum Gasteiger partial charge on any atom is 0.233 e. The molecular formula is C19H28N4O2S. The van der Waals surface area contributed by atoms with Gasteiger partial charge >= 0.3 is 0 Å². The summed E-state index contributed by atoms with van der Waals surface area (Å²) >= 11 is 1.37. The minimum atomic E-state index is 0.134. The summed E-state index contributed by atoms with van der Waals surface area (Å²) in [6.07, 6.45) is 1.89. The van der Waals surface area contributed by atoms with Crippen LogP contribution in [-0.2, 0) is 4.79 Å². The van der Waals surface area contributed by atoms with Crippen LogP contribution < -0.4 is 4.74 Å². The third-order valence-corrected chi connectivity index (χ3v) is 5.40. The van der Waals surface area contributed by atoms with Crippen LogP contribution in [0, 0.1) is 0 Å². The van der Waals surface area contributed by atoms with Gasteiger partial charge in [0.1, 0.15) is 5.75 Å². The molecule has 6 nitrogen and oxygen atoms in total. The van der Waals surface area contributed by atoms with Crippen LogP contribution in [0.15, 0.2) is 29.4 Å². The van der Waals surface area contributed by atoms with E-state index < -0.39 is 0 Å². The van der Waals surface area contributed by atoms with Gasteiger partial charge in [-0.05, 0) is 51.0 Å². The second-order valence-electron chi connectivity index (χ2n) is 6.30. The van der Waals surface area contributed by atoms with Crippen molar-refractivity contribution in [3.63, 3.8) is 0 Å². The van der Waals surface area contributed by atoms with E-state index in [1.165, 1.54) is 11.8 Å². The lowest BCUT2D eigenvalue weighted by Gasteiger charge is -2.33. The molecule has 0 fully saturated rings. The van der Waals surface area contributed by atoms with Gasteiger partial charge in [-0.3, -0.25) is 9.89 Å². The lowest BCUT2D eigenvalue weighted by atomic mass is 10.1. The molecule has 0 aliphatic heterocycles. The Bertz CT molecular complexity index is 692. The Labute approximate surface area is 159 Å². The van der Waals surface area contributed by atoms with Crippen LogP contribution >= 0.6 is 11.8 Å². The molecule has 0 bridgehead atoms. The highest BCUT2D eigenvalue weighted by molar-refractivity contribution is 7.99. The minimum Gasteiger partial charge on any atom is -0.497 e. The molecule has 142 valence electrons. The highest BCUT2D eigenvalue weighted by Crippen LogP contribution is 2.22. The largest absolute Gasteiger partial charge is 0.497 e. The number of hydrogen-bond acceptors (Lipinski definition) is 5. The quantitative estimate of drug-likeness (QED) is 0.670. The third kappa shape index (κ3) is 5.00. The summed E-state index contributed by atoms with van der Waals surface area (Å²) < 4.78 is 5.16. The Balaban J connectivity index is 2.00. The molecule has 1 amide bonds. The van der Waals surface area contributed by atoms with Gasteiger partial charge in [-0.1, -0.05) is 25.6 Å². The maximum absolute atomic E-state index is 12.7. The Kier molecular flexibility index (Phi) is 7.50. The highest BCUT2D eigenvalue weighted by atomic mass is 32.2. The molecule has 1 heterocycles. The van der Waals surface area contributed by atoms with Gasteiger partial charge in [-0.25, -0.2) is 4.98 Å². The van der Waals surface area contributed by atoms with Crippen LogP contribution in [0.25, 0.3) is 11.4 Å². The molecule has 0 radical (unpaired) electrons. The molecule has 0 spiro atoms. The summed E-state index contributed by atoms with van der Waals surface area (Å²) in [5, 5.41) is 7.73. The first-order chi connectivity index (χ1) is 12.5. The number of methoxy groups -OCH3 is 1. The number of nitrogens with one attached hydrogen (secondary N) is 1. The Morgan fingerprint density at radius 2 is 1.81 bits per heavy atom. The number of nitrogens with zero attached hydrogens (tertiary/aromatic N) is 3. The number of carbonyl (C=O) groups is 1. The molecule has 0 unspecified atom stereocenters. The fourth-order valence-corrected chi connectivity index (χ4v) is 3.38. The van der Waals surface area contributed by atoms with E-state index in [-0.39, 0.29) is 18.0 Å². The van der Waals surface area contributed by atoms with Gasteiger partial charge in [-0.15, -0.1) is 5.10 Å². The summed E-state index contributed by atoms with van der Waals surface area (Å²) in [7, 11) is 1.64.